The van der Waals surface area contributed by atoms with Crippen molar-refractivity contribution in [1.29, 1.82) is 5.26 Å². The van der Waals surface area contributed by atoms with Gasteiger partial charge >= 0.3 is 0 Å². The lowest BCUT2D eigenvalue weighted by Crippen LogP contribution is -2.27. The van der Waals surface area contributed by atoms with Gasteiger partial charge in [0.25, 0.3) is 0 Å². The largest absolute Gasteiger partial charge is 0.356 e. The number of carbonyl (C=O) groups excluding carboxylic acids is 1. The fourth-order valence-electron chi connectivity index (χ4n) is 1.49. The standard InChI is InChI=1S/C13H17N3O/c1-2-16-13(17)7-8-15-10-12-6-4-3-5-11(12)9-14/h3-6,15H,2,7-8,10H2,1H3,(H,16,17). The molecule has 1 aromatic rings. The maximum Gasteiger partial charge on any atom is 0.221 e. The number of amides is 1. The summed E-state index contributed by atoms with van der Waals surface area (Å²) in [6, 6.07) is 9.60. The molecular formula is C13H17N3O. The van der Waals surface area contributed by atoms with Crippen LogP contribution in [-0.4, -0.2) is 19.0 Å². The zero-order chi connectivity index (χ0) is 12.5. The van der Waals surface area contributed by atoms with Crippen molar-refractivity contribution in [3.05, 3.63) is 35.4 Å². The summed E-state index contributed by atoms with van der Waals surface area (Å²) in [6.07, 6.45) is 0.461. The third-order valence-electron chi connectivity index (χ3n) is 2.36. The Labute approximate surface area is 102 Å². The van der Waals surface area contributed by atoms with Gasteiger partial charge in [0.05, 0.1) is 11.6 Å². The highest BCUT2D eigenvalue weighted by Crippen LogP contribution is 2.06. The lowest BCUT2D eigenvalue weighted by atomic mass is 10.1. The van der Waals surface area contributed by atoms with E-state index in [1.807, 2.05) is 25.1 Å². The van der Waals surface area contributed by atoms with Crippen molar-refractivity contribution in [3.8, 4) is 6.07 Å². The number of carbonyl (C=O) groups is 1. The Bertz CT molecular complexity index is 409. The van der Waals surface area contributed by atoms with E-state index in [0.29, 0.717) is 31.6 Å². The fourth-order valence-corrected chi connectivity index (χ4v) is 1.49. The number of nitrogens with one attached hydrogen (secondary N) is 2. The van der Waals surface area contributed by atoms with Crippen LogP contribution in [-0.2, 0) is 11.3 Å². The number of benzene rings is 1. The Balaban J connectivity index is 2.32. The second-order valence-electron chi connectivity index (χ2n) is 3.65. The molecule has 17 heavy (non-hydrogen) atoms. The summed E-state index contributed by atoms with van der Waals surface area (Å²) in [7, 11) is 0. The average molecular weight is 231 g/mol. The number of rotatable bonds is 6. The molecule has 4 heteroatoms. The average Bonchev–Trinajstić information content (AvgIpc) is 2.35. The summed E-state index contributed by atoms with van der Waals surface area (Å²) in [5.74, 6) is 0.0496. The molecule has 0 saturated heterocycles. The Morgan fingerprint density at radius 2 is 2.18 bits per heavy atom. The molecule has 0 unspecified atom stereocenters. The van der Waals surface area contributed by atoms with Gasteiger partial charge in [-0.2, -0.15) is 5.26 Å². The van der Waals surface area contributed by atoms with E-state index >= 15 is 0 Å². The molecule has 1 amide bonds. The summed E-state index contributed by atoms with van der Waals surface area (Å²) in [5, 5.41) is 14.8. The van der Waals surface area contributed by atoms with Crippen LogP contribution in [0.5, 0.6) is 0 Å². The van der Waals surface area contributed by atoms with E-state index in [2.05, 4.69) is 16.7 Å². The highest BCUT2D eigenvalue weighted by molar-refractivity contribution is 5.75. The van der Waals surface area contributed by atoms with Crippen LogP contribution >= 0.6 is 0 Å². The molecule has 0 bridgehead atoms. The minimum absolute atomic E-state index is 0.0496. The van der Waals surface area contributed by atoms with Gasteiger partial charge < -0.3 is 10.6 Å². The first-order valence-electron chi connectivity index (χ1n) is 5.73. The van der Waals surface area contributed by atoms with Gasteiger partial charge in [0.15, 0.2) is 0 Å². The molecule has 4 nitrogen and oxygen atoms in total. The van der Waals surface area contributed by atoms with E-state index in [4.69, 9.17) is 5.26 Å². The molecule has 2 N–H and O–H groups in total. The number of nitrogens with zero attached hydrogens (tertiary/aromatic N) is 1. The number of hydrogen-bond acceptors (Lipinski definition) is 3. The molecule has 0 spiro atoms. The van der Waals surface area contributed by atoms with Crippen molar-refractivity contribution in [2.45, 2.75) is 19.9 Å². The molecule has 0 aliphatic rings. The normalized spacial score (nSPS) is 9.65. The van der Waals surface area contributed by atoms with Crippen molar-refractivity contribution in [1.82, 2.24) is 10.6 Å². The van der Waals surface area contributed by atoms with Crippen LogP contribution in [0.4, 0.5) is 0 Å². The second-order valence-corrected chi connectivity index (χ2v) is 3.65. The molecular weight excluding hydrogens is 214 g/mol. The monoisotopic (exact) mass is 231 g/mol. The van der Waals surface area contributed by atoms with Crippen molar-refractivity contribution >= 4 is 5.91 Å². The molecule has 0 radical (unpaired) electrons. The summed E-state index contributed by atoms with van der Waals surface area (Å²) in [6.45, 7) is 3.79. The quantitative estimate of drug-likeness (QED) is 0.722. The zero-order valence-corrected chi connectivity index (χ0v) is 9.99. The smallest absolute Gasteiger partial charge is 0.221 e. The van der Waals surface area contributed by atoms with Gasteiger partial charge in [-0.05, 0) is 18.6 Å². The van der Waals surface area contributed by atoms with Crippen molar-refractivity contribution < 1.29 is 4.79 Å². The predicted molar refractivity (Wildman–Crippen MR) is 66.2 cm³/mol. The summed E-state index contributed by atoms with van der Waals surface area (Å²) >= 11 is 0. The van der Waals surface area contributed by atoms with E-state index < -0.39 is 0 Å². The van der Waals surface area contributed by atoms with Gasteiger partial charge in [-0.25, -0.2) is 0 Å². The Kier molecular flexibility index (Phi) is 5.76. The molecule has 0 atom stereocenters. The topological polar surface area (TPSA) is 64.9 Å². The van der Waals surface area contributed by atoms with Crippen LogP contribution in [0.25, 0.3) is 0 Å². The molecule has 1 aromatic carbocycles. The molecule has 0 saturated carbocycles. The van der Waals surface area contributed by atoms with Crippen molar-refractivity contribution in [3.63, 3.8) is 0 Å². The van der Waals surface area contributed by atoms with E-state index in [1.54, 1.807) is 6.07 Å². The lowest BCUT2D eigenvalue weighted by molar-refractivity contribution is -0.120. The maximum atomic E-state index is 11.2. The van der Waals surface area contributed by atoms with E-state index in [-0.39, 0.29) is 5.91 Å². The first-order chi connectivity index (χ1) is 8.27. The minimum atomic E-state index is 0.0496. The van der Waals surface area contributed by atoms with Gasteiger partial charge in [0, 0.05) is 26.1 Å². The third kappa shape index (κ3) is 4.66. The molecule has 0 aliphatic heterocycles. The number of hydrogen-bond donors (Lipinski definition) is 2. The van der Waals surface area contributed by atoms with Crippen LogP contribution in [0.3, 0.4) is 0 Å². The third-order valence-corrected chi connectivity index (χ3v) is 2.36. The SMILES string of the molecule is CCNC(=O)CCNCc1ccccc1C#N. The lowest BCUT2D eigenvalue weighted by Gasteiger charge is -2.06. The fraction of sp³-hybridized carbons (Fsp3) is 0.385. The van der Waals surface area contributed by atoms with Crippen molar-refractivity contribution in [2.24, 2.45) is 0 Å². The minimum Gasteiger partial charge on any atom is -0.356 e. The Morgan fingerprint density at radius 1 is 1.41 bits per heavy atom. The first-order valence-corrected chi connectivity index (χ1v) is 5.73. The molecule has 0 aromatic heterocycles. The first kappa shape index (κ1) is 13.2. The van der Waals surface area contributed by atoms with Crippen LogP contribution < -0.4 is 10.6 Å². The molecule has 1 rings (SSSR count). The van der Waals surface area contributed by atoms with E-state index in [0.717, 1.165) is 5.56 Å². The van der Waals surface area contributed by atoms with Crippen LogP contribution in [0.2, 0.25) is 0 Å². The molecule has 0 heterocycles. The van der Waals surface area contributed by atoms with Gasteiger partial charge in [0.1, 0.15) is 0 Å². The second kappa shape index (κ2) is 7.42. The van der Waals surface area contributed by atoms with Crippen LogP contribution in [0.1, 0.15) is 24.5 Å². The van der Waals surface area contributed by atoms with E-state index in [1.165, 1.54) is 0 Å². The Hall–Kier alpha value is -1.86. The zero-order valence-electron chi connectivity index (χ0n) is 9.99. The highest BCUT2D eigenvalue weighted by atomic mass is 16.1. The van der Waals surface area contributed by atoms with Gasteiger partial charge in [-0.3, -0.25) is 4.79 Å². The Morgan fingerprint density at radius 3 is 2.88 bits per heavy atom. The van der Waals surface area contributed by atoms with Crippen LogP contribution in [0, 0.1) is 11.3 Å². The summed E-state index contributed by atoms with van der Waals surface area (Å²) < 4.78 is 0. The van der Waals surface area contributed by atoms with Gasteiger partial charge in [0.2, 0.25) is 5.91 Å². The molecule has 0 aliphatic carbocycles. The van der Waals surface area contributed by atoms with Gasteiger partial charge in [-0.1, -0.05) is 18.2 Å². The summed E-state index contributed by atoms with van der Waals surface area (Å²) in [5.41, 5.74) is 1.64. The van der Waals surface area contributed by atoms with Gasteiger partial charge in [-0.15, -0.1) is 0 Å². The number of nitriles is 1. The molecule has 90 valence electrons. The van der Waals surface area contributed by atoms with Crippen molar-refractivity contribution in [2.75, 3.05) is 13.1 Å². The molecule has 0 fully saturated rings. The van der Waals surface area contributed by atoms with Crippen LogP contribution in [0.15, 0.2) is 24.3 Å². The van der Waals surface area contributed by atoms with E-state index in [9.17, 15) is 4.79 Å². The maximum absolute atomic E-state index is 11.2. The highest BCUT2D eigenvalue weighted by Gasteiger charge is 2.01. The summed E-state index contributed by atoms with van der Waals surface area (Å²) in [4.78, 5) is 11.2. The predicted octanol–water partition coefficient (Wildman–Crippen LogP) is 1.17.